The van der Waals surface area contributed by atoms with Crippen LogP contribution in [0.3, 0.4) is 0 Å². The van der Waals surface area contributed by atoms with E-state index in [9.17, 15) is 0 Å². The summed E-state index contributed by atoms with van der Waals surface area (Å²) in [4.78, 5) is 8.58. The fourth-order valence-electron chi connectivity index (χ4n) is 1.83. The van der Waals surface area contributed by atoms with Gasteiger partial charge in [-0.05, 0) is 44.8 Å². The van der Waals surface area contributed by atoms with E-state index in [1.165, 1.54) is 12.8 Å². The van der Waals surface area contributed by atoms with Crippen molar-refractivity contribution in [2.24, 2.45) is 5.92 Å². The lowest BCUT2D eigenvalue weighted by Crippen LogP contribution is -2.30. The molecule has 0 amide bonds. The standard InChI is InChI=1S/C11H16ClN3S/c1-8-5-10(12)15-11(14-8)16-7-9-3-2-4-13-6-9/h5,9,13H,2-4,6-7H2,1H3/t9-/m0/s1. The van der Waals surface area contributed by atoms with Crippen molar-refractivity contribution in [1.29, 1.82) is 0 Å². The number of halogens is 1. The number of rotatable bonds is 3. The first kappa shape index (κ1) is 12.1. The van der Waals surface area contributed by atoms with Crippen LogP contribution in [0.25, 0.3) is 0 Å². The molecule has 2 heterocycles. The van der Waals surface area contributed by atoms with E-state index in [1.807, 2.05) is 6.92 Å². The quantitative estimate of drug-likeness (QED) is 0.513. The van der Waals surface area contributed by atoms with Crippen molar-refractivity contribution < 1.29 is 0 Å². The number of hydrogen-bond acceptors (Lipinski definition) is 4. The van der Waals surface area contributed by atoms with E-state index in [0.717, 1.165) is 35.6 Å². The Kier molecular flexibility index (Phi) is 4.44. The second-order valence-corrected chi connectivity index (χ2v) is 5.51. The normalized spacial score (nSPS) is 21.0. The molecule has 16 heavy (non-hydrogen) atoms. The van der Waals surface area contributed by atoms with E-state index in [0.29, 0.717) is 5.15 Å². The lowest BCUT2D eigenvalue weighted by atomic mass is 10.0. The van der Waals surface area contributed by atoms with Crippen LogP contribution in [0.4, 0.5) is 0 Å². The van der Waals surface area contributed by atoms with Crippen LogP contribution in [0, 0.1) is 12.8 Å². The SMILES string of the molecule is Cc1cc(Cl)nc(SC[C@H]2CCCNC2)n1. The molecule has 0 radical (unpaired) electrons. The van der Waals surface area contributed by atoms with E-state index in [1.54, 1.807) is 17.8 Å². The van der Waals surface area contributed by atoms with Crippen molar-refractivity contribution in [3.8, 4) is 0 Å². The van der Waals surface area contributed by atoms with Crippen molar-refractivity contribution in [2.45, 2.75) is 24.9 Å². The first-order valence-corrected chi connectivity index (χ1v) is 6.95. The van der Waals surface area contributed by atoms with Crippen LogP contribution in [0.15, 0.2) is 11.2 Å². The Bertz CT molecular complexity index is 333. The van der Waals surface area contributed by atoms with Gasteiger partial charge < -0.3 is 5.32 Å². The molecule has 1 aromatic heterocycles. The van der Waals surface area contributed by atoms with Crippen molar-refractivity contribution in [3.05, 3.63) is 16.9 Å². The zero-order valence-corrected chi connectivity index (χ0v) is 10.9. The molecule has 2 rings (SSSR count). The summed E-state index contributed by atoms with van der Waals surface area (Å²) in [5, 5.41) is 4.75. The van der Waals surface area contributed by atoms with Gasteiger partial charge in [-0.3, -0.25) is 0 Å². The summed E-state index contributed by atoms with van der Waals surface area (Å²) in [5.74, 6) is 1.81. The molecule has 0 aromatic carbocycles. The Morgan fingerprint density at radius 3 is 3.12 bits per heavy atom. The van der Waals surface area contributed by atoms with Crippen LogP contribution in [0.5, 0.6) is 0 Å². The van der Waals surface area contributed by atoms with Gasteiger partial charge in [-0.25, -0.2) is 9.97 Å². The molecule has 3 nitrogen and oxygen atoms in total. The van der Waals surface area contributed by atoms with Gasteiger partial charge in [-0.15, -0.1) is 0 Å². The van der Waals surface area contributed by atoms with Gasteiger partial charge in [0, 0.05) is 11.4 Å². The zero-order chi connectivity index (χ0) is 11.4. The molecule has 1 saturated heterocycles. The molecule has 88 valence electrons. The molecule has 1 aromatic rings. The molecule has 0 bridgehead atoms. The van der Waals surface area contributed by atoms with E-state index in [2.05, 4.69) is 15.3 Å². The van der Waals surface area contributed by atoms with Crippen LogP contribution in [0.1, 0.15) is 18.5 Å². The van der Waals surface area contributed by atoms with Crippen LogP contribution in [-0.2, 0) is 0 Å². The molecule has 0 unspecified atom stereocenters. The number of nitrogens with zero attached hydrogens (tertiary/aromatic N) is 2. The van der Waals surface area contributed by atoms with Gasteiger partial charge in [-0.2, -0.15) is 0 Å². The molecule has 0 spiro atoms. The van der Waals surface area contributed by atoms with Gasteiger partial charge in [0.1, 0.15) is 5.15 Å². The number of hydrogen-bond donors (Lipinski definition) is 1. The third-order valence-corrected chi connectivity index (χ3v) is 3.92. The molecular formula is C11H16ClN3S. The van der Waals surface area contributed by atoms with Crippen LogP contribution in [0.2, 0.25) is 5.15 Å². The summed E-state index contributed by atoms with van der Waals surface area (Å²) in [6, 6.07) is 1.79. The smallest absolute Gasteiger partial charge is 0.189 e. The minimum atomic E-state index is 0.539. The molecule has 1 aliphatic heterocycles. The molecule has 0 saturated carbocycles. The Morgan fingerprint density at radius 1 is 1.56 bits per heavy atom. The highest BCUT2D eigenvalue weighted by molar-refractivity contribution is 7.99. The highest BCUT2D eigenvalue weighted by Gasteiger charge is 2.14. The van der Waals surface area contributed by atoms with Crippen LogP contribution >= 0.6 is 23.4 Å². The Morgan fingerprint density at radius 2 is 2.44 bits per heavy atom. The fraction of sp³-hybridized carbons (Fsp3) is 0.636. The van der Waals surface area contributed by atoms with Gasteiger partial charge in [0.05, 0.1) is 0 Å². The lowest BCUT2D eigenvalue weighted by Gasteiger charge is -2.21. The first-order chi connectivity index (χ1) is 7.74. The summed E-state index contributed by atoms with van der Waals surface area (Å²) in [6.45, 7) is 4.22. The Hall–Kier alpha value is -0.320. The minimum Gasteiger partial charge on any atom is -0.316 e. The number of nitrogens with one attached hydrogen (secondary N) is 1. The van der Waals surface area contributed by atoms with Gasteiger partial charge in [-0.1, -0.05) is 23.4 Å². The highest BCUT2D eigenvalue weighted by Crippen LogP contribution is 2.22. The number of aryl methyl sites for hydroxylation is 1. The zero-order valence-electron chi connectivity index (χ0n) is 9.37. The average molecular weight is 258 g/mol. The number of thioether (sulfide) groups is 1. The summed E-state index contributed by atoms with van der Waals surface area (Å²) in [5.41, 5.74) is 0.935. The maximum absolute atomic E-state index is 5.89. The fourth-order valence-corrected chi connectivity index (χ4v) is 3.16. The van der Waals surface area contributed by atoms with Gasteiger partial charge in [0.25, 0.3) is 0 Å². The summed E-state index contributed by atoms with van der Waals surface area (Å²) in [7, 11) is 0. The molecule has 5 heteroatoms. The molecule has 1 aliphatic rings. The van der Waals surface area contributed by atoms with Gasteiger partial charge in [0.2, 0.25) is 0 Å². The van der Waals surface area contributed by atoms with Crippen LogP contribution in [-0.4, -0.2) is 28.8 Å². The molecule has 0 aliphatic carbocycles. The maximum atomic E-state index is 5.89. The molecular weight excluding hydrogens is 242 g/mol. The summed E-state index contributed by atoms with van der Waals surface area (Å²) < 4.78 is 0. The van der Waals surface area contributed by atoms with Crippen molar-refractivity contribution >= 4 is 23.4 Å². The van der Waals surface area contributed by atoms with Crippen molar-refractivity contribution in [3.63, 3.8) is 0 Å². The van der Waals surface area contributed by atoms with Gasteiger partial charge in [0.15, 0.2) is 5.16 Å². The second kappa shape index (κ2) is 5.84. The van der Waals surface area contributed by atoms with E-state index < -0.39 is 0 Å². The average Bonchev–Trinajstić information content (AvgIpc) is 2.27. The first-order valence-electron chi connectivity index (χ1n) is 5.59. The van der Waals surface area contributed by atoms with Crippen molar-refractivity contribution in [2.75, 3.05) is 18.8 Å². The predicted octanol–water partition coefficient (Wildman–Crippen LogP) is 2.53. The molecule has 1 fully saturated rings. The minimum absolute atomic E-state index is 0.539. The monoisotopic (exact) mass is 257 g/mol. The van der Waals surface area contributed by atoms with E-state index >= 15 is 0 Å². The third kappa shape index (κ3) is 3.61. The number of aromatic nitrogens is 2. The Balaban J connectivity index is 1.88. The lowest BCUT2D eigenvalue weighted by molar-refractivity contribution is 0.410. The van der Waals surface area contributed by atoms with Crippen molar-refractivity contribution in [1.82, 2.24) is 15.3 Å². The number of piperidine rings is 1. The second-order valence-electron chi connectivity index (χ2n) is 4.14. The Labute approximate surface area is 105 Å². The third-order valence-electron chi connectivity index (χ3n) is 2.65. The molecule has 1 N–H and O–H groups in total. The van der Waals surface area contributed by atoms with Crippen LogP contribution < -0.4 is 5.32 Å². The molecule has 1 atom stereocenters. The predicted molar refractivity (Wildman–Crippen MR) is 68.1 cm³/mol. The maximum Gasteiger partial charge on any atom is 0.189 e. The summed E-state index contributed by atoms with van der Waals surface area (Å²) >= 11 is 7.60. The summed E-state index contributed by atoms with van der Waals surface area (Å²) in [6.07, 6.45) is 2.58. The van der Waals surface area contributed by atoms with E-state index in [-0.39, 0.29) is 0 Å². The largest absolute Gasteiger partial charge is 0.316 e. The van der Waals surface area contributed by atoms with Gasteiger partial charge >= 0.3 is 0 Å². The topological polar surface area (TPSA) is 37.8 Å². The van der Waals surface area contributed by atoms with E-state index in [4.69, 9.17) is 11.6 Å². The highest BCUT2D eigenvalue weighted by atomic mass is 35.5.